The van der Waals surface area contributed by atoms with Crippen LogP contribution in [0.25, 0.3) is 10.9 Å². The number of carbonyl (C=O) groups excluding carboxylic acids is 1. The monoisotopic (exact) mass is 398 g/mol. The van der Waals surface area contributed by atoms with Crippen molar-refractivity contribution in [3.63, 3.8) is 0 Å². The summed E-state index contributed by atoms with van der Waals surface area (Å²) in [7, 11) is 0. The van der Waals surface area contributed by atoms with Crippen LogP contribution in [0.1, 0.15) is 49.5 Å². The number of thiazole rings is 1. The number of aromatic nitrogens is 3. The fourth-order valence-electron chi connectivity index (χ4n) is 3.42. The zero-order valence-electron chi connectivity index (χ0n) is 15.3. The fraction of sp³-hybridized carbons (Fsp3) is 0.400. The molecular weight excluding hydrogens is 376 g/mol. The molecule has 1 fully saturated rings. The van der Waals surface area contributed by atoms with Gasteiger partial charge in [0.25, 0.3) is 0 Å². The van der Waals surface area contributed by atoms with E-state index in [9.17, 15) is 4.79 Å². The second kappa shape index (κ2) is 8.35. The van der Waals surface area contributed by atoms with Gasteiger partial charge in [0.1, 0.15) is 10.9 Å². The maximum absolute atomic E-state index is 12.3. The summed E-state index contributed by atoms with van der Waals surface area (Å²) in [6.07, 6.45) is 6.12. The molecule has 0 saturated heterocycles. The van der Waals surface area contributed by atoms with E-state index in [0.29, 0.717) is 16.8 Å². The van der Waals surface area contributed by atoms with Crippen molar-refractivity contribution in [2.75, 3.05) is 11.1 Å². The highest BCUT2D eigenvalue weighted by molar-refractivity contribution is 8.00. The predicted molar refractivity (Wildman–Crippen MR) is 112 cm³/mol. The first-order valence-electron chi connectivity index (χ1n) is 9.30. The van der Waals surface area contributed by atoms with Crippen molar-refractivity contribution in [2.45, 2.75) is 50.0 Å². The number of carbonyl (C=O) groups is 1. The van der Waals surface area contributed by atoms with Crippen molar-refractivity contribution < 1.29 is 4.79 Å². The van der Waals surface area contributed by atoms with E-state index in [1.807, 2.05) is 36.6 Å². The summed E-state index contributed by atoms with van der Waals surface area (Å²) in [6, 6.07) is 8.07. The Kier molecular flexibility index (Phi) is 5.69. The number of fused-ring (bicyclic) bond motifs is 1. The van der Waals surface area contributed by atoms with Gasteiger partial charge in [-0.15, -0.1) is 11.3 Å². The summed E-state index contributed by atoms with van der Waals surface area (Å²) in [5, 5.41) is 7.35. The van der Waals surface area contributed by atoms with Crippen molar-refractivity contribution in [3.8, 4) is 0 Å². The highest BCUT2D eigenvalue weighted by Gasteiger charge is 2.20. The van der Waals surface area contributed by atoms with Crippen LogP contribution < -0.4 is 5.32 Å². The van der Waals surface area contributed by atoms with E-state index >= 15 is 0 Å². The average Bonchev–Trinajstić information content (AvgIpc) is 3.11. The van der Waals surface area contributed by atoms with Gasteiger partial charge in [0.2, 0.25) is 5.91 Å². The molecule has 2 aromatic heterocycles. The molecule has 1 N–H and O–H groups in total. The Morgan fingerprint density at radius 1 is 1.19 bits per heavy atom. The summed E-state index contributed by atoms with van der Waals surface area (Å²) < 4.78 is 0. The zero-order chi connectivity index (χ0) is 18.6. The number of benzene rings is 1. The van der Waals surface area contributed by atoms with E-state index < -0.39 is 0 Å². The second-order valence-electron chi connectivity index (χ2n) is 6.87. The number of nitrogens with zero attached hydrogens (tertiary/aromatic N) is 3. The minimum absolute atomic E-state index is 0.0590. The molecule has 3 aromatic rings. The Morgan fingerprint density at radius 3 is 2.78 bits per heavy atom. The van der Waals surface area contributed by atoms with Crippen LogP contribution in [0, 0.1) is 6.92 Å². The minimum Gasteiger partial charge on any atom is -0.301 e. The molecule has 1 aliphatic rings. The molecule has 0 atom stereocenters. The quantitative estimate of drug-likeness (QED) is 0.474. The van der Waals surface area contributed by atoms with Crippen LogP contribution in [0.15, 0.2) is 34.7 Å². The maximum Gasteiger partial charge on any atom is 0.236 e. The molecule has 140 valence electrons. The lowest BCUT2D eigenvalue weighted by molar-refractivity contribution is -0.113. The van der Waals surface area contributed by atoms with Gasteiger partial charge in [0.15, 0.2) is 5.13 Å². The molecular formula is C20H22N4OS2. The summed E-state index contributed by atoms with van der Waals surface area (Å²) >= 11 is 2.92. The van der Waals surface area contributed by atoms with Crippen LogP contribution in [-0.4, -0.2) is 26.6 Å². The first kappa shape index (κ1) is 18.4. The van der Waals surface area contributed by atoms with Crippen molar-refractivity contribution >= 4 is 45.0 Å². The Hall–Kier alpha value is -1.99. The van der Waals surface area contributed by atoms with Gasteiger partial charge >= 0.3 is 0 Å². The van der Waals surface area contributed by atoms with Crippen molar-refractivity contribution in [1.29, 1.82) is 0 Å². The van der Waals surface area contributed by atoms with E-state index in [-0.39, 0.29) is 5.91 Å². The molecule has 0 unspecified atom stereocenters. The first-order valence-corrected chi connectivity index (χ1v) is 11.2. The maximum atomic E-state index is 12.3. The molecule has 1 aliphatic carbocycles. The highest BCUT2D eigenvalue weighted by Crippen LogP contribution is 2.34. The third-order valence-electron chi connectivity index (χ3n) is 4.76. The van der Waals surface area contributed by atoms with Gasteiger partial charge in [-0.25, -0.2) is 15.0 Å². The van der Waals surface area contributed by atoms with Gasteiger partial charge in [-0.05, 0) is 25.8 Å². The molecule has 0 radical (unpaired) electrons. The molecule has 1 saturated carbocycles. The van der Waals surface area contributed by atoms with Gasteiger partial charge in [-0.2, -0.15) is 0 Å². The van der Waals surface area contributed by atoms with E-state index in [0.717, 1.165) is 40.3 Å². The Morgan fingerprint density at radius 2 is 2.00 bits per heavy atom. The van der Waals surface area contributed by atoms with Gasteiger partial charge < -0.3 is 5.32 Å². The number of nitrogens with one attached hydrogen (secondary N) is 1. The van der Waals surface area contributed by atoms with Crippen molar-refractivity contribution in [1.82, 2.24) is 15.0 Å². The summed E-state index contributed by atoms with van der Waals surface area (Å²) in [6.45, 7) is 1.92. The number of aryl methyl sites for hydroxylation is 1. The summed E-state index contributed by atoms with van der Waals surface area (Å²) in [4.78, 5) is 26.3. The van der Waals surface area contributed by atoms with Crippen LogP contribution >= 0.6 is 23.1 Å². The lowest BCUT2D eigenvalue weighted by Gasteiger charge is -2.21. The number of amides is 1. The highest BCUT2D eigenvalue weighted by atomic mass is 32.2. The van der Waals surface area contributed by atoms with Gasteiger partial charge in [0.05, 0.1) is 17.0 Å². The first-order chi connectivity index (χ1) is 13.2. The topological polar surface area (TPSA) is 67.8 Å². The lowest BCUT2D eigenvalue weighted by atomic mass is 9.88. The average molecular weight is 399 g/mol. The Bertz CT molecular complexity index is 950. The third-order valence-corrected chi connectivity index (χ3v) is 6.63. The molecule has 2 heterocycles. The molecule has 1 aromatic carbocycles. The van der Waals surface area contributed by atoms with E-state index in [1.165, 1.54) is 42.4 Å². The number of anilines is 1. The van der Waals surface area contributed by atoms with Gasteiger partial charge in [-0.3, -0.25) is 4.79 Å². The van der Waals surface area contributed by atoms with Crippen molar-refractivity contribution in [3.05, 3.63) is 41.2 Å². The number of hydrogen-bond donors (Lipinski definition) is 1. The number of para-hydroxylation sites is 1. The lowest BCUT2D eigenvalue weighted by Crippen LogP contribution is -2.14. The molecule has 0 spiro atoms. The largest absolute Gasteiger partial charge is 0.301 e. The van der Waals surface area contributed by atoms with Crippen LogP contribution in [0.5, 0.6) is 0 Å². The normalized spacial score (nSPS) is 15.1. The molecule has 7 heteroatoms. The second-order valence-corrected chi connectivity index (χ2v) is 8.69. The third kappa shape index (κ3) is 4.47. The van der Waals surface area contributed by atoms with Crippen LogP contribution in [-0.2, 0) is 4.79 Å². The minimum atomic E-state index is -0.0590. The van der Waals surface area contributed by atoms with E-state index in [1.54, 1.807) is 0 Å². The number of rotatable bonds is 5. The number of hydrogen-bond acceptors (Lipinski definition) is 6. The molecule has 5 nitrogen and oxygen atoms in total. The fourth-order valence-corrected chi connectivity index (χ4v) is 4.95. The van der Waals surface area contributed by atoms with Crippen LogP contribution in [0.4, 0.5) is 5.13 Å². The van der Waals surface area contributed by atoms with Crippen molar-refractivity contribution in [2.24, 2.45) is 0 Å². The molecule has 1 amide bonds. The standard InChI is InChI=1S/C20H22N4OS2/c1-13-11-27-20(21-13)23-17(25)12-26-19-15-9-5-6-10-16(15)22-18(24-19)14-7-3-2-4-8-14/h5-6,9-11,14H,2-4,7-8,12H2,1H3,(H,21,23,25). The Balaban J connectivity index is 1.53. The molecule has 27 heavy (non-hydrogen) atoms. The van der Waals surface area contributed by atoms with Gasteiger partial charge in [-0.1, -0.05) is 49.2 Å². The predicted octanol–water partition coefficient (Wildman–Crippen LogP) is 5.17. The molecule has 4 rings (SSSR count). The van der Waals surface area contributed by atoms with E-state index in [2.05, 4.69) is 10.3 Å². The van der Waals surface area contributed by atoms with Crippen LogP contribution in [0.3, 0.4) is 0 Å². The van der Waals surface area contributed by atoms with E-state index in [4.69, 9.17) is 9.97 Å². The smallest absolute Gasteiger partial charge is 0.236 e. The van der Waals surface area contributed by atoms with Crippen LogP contribution in [0.2, 0.25) is 0 Å². The van der Waals surface area contributed by atoms with Gasteiger partial charge in [0, 0.05) is 16.7 Å². The summed E-state index contributed by atoms with van der Waals surface area (Å²) in [5.41, 5.74) is 1.88. The zero-order valence-corrected chi connectivity index (χ0v) is 16.9. The SMILES string of the molecule is Cc1csc(NC(=O)CSc2nc(C3CCCCC3)nc3ccccc23)n1. The number of thioether (sulfide) groups is 1. The summed E-state index contributed by atoms with van der Waals surface area (Å²) in [5.74, 6) is 1.63. The molecule has 0 aliphatic heterocycles. The Labute approximate surface area is 167 Å². The molecule has 0 bridgehead atoms.